The van der Waals surface area contributed by atoms with Gasteiger partial charge in [0.15, 0.2) is 0 Å². The maximum Gasteiger partial charge on any atom is 0.315 e. The largest absolute Gasteiger partial charge is 0.347 e. The van der Waals surface area contributed by atoms with E-state index in [1.54, 1.807) is 4.90 Å². The van der Waals surface area contributed by atoms with Gasteiger partial charge in [0.25, 0.3) is 0 Å². The lowest BCUT2D eigenvalue weighted by Gasteiger charge is -2.13. The van der Waals surface area contributed by atoms with E-state index in [0.29, 0.717) is 0 Å². The molecule has 0 aromatic rings. The van der Waals surface area contributed by atoms with Gasteiger partial charge in [-0.1, -0.05) is 0 Å². The molecule has 4 nitrogen and oxygen atoms in total. The first-order valence-corrected chi connectivity index (χ1v) is 4.53. The van der Waals surface area contributed by atoms with E-state index in [1.807, 2.05) is 0 Å². The Labute approximate surface area is 81.6 Å². The minimum absolute atomic E-state index is 0.137. The number of carbonyl (C=O) groups is 2. The van der Waals surface area contributed by atoms with Crippen LogP contribution in [0.2, 0.25) is 0 Å². The molecule has 72 valence electrons. The van der Waals surface area contributed by atoms with Crippen LogP contribution in [0.4, 0.5) is 0 Å². The summed E-state index contributed by atoms with van der Waals surface area (Å²) < 4.78 is 0. The van der Waals surface area contributed by atoms with Gasteiger partial charge in [0.1, 0.15) is 0 Å². The average Bonchev–Trinajstić information content (AvgIpc) is 2.55. The van der Waals surface area contributed by atoms with Crippen LogP contribution in [0.3, 0.4) is 0 Å². The standard InChI is InChI=1S/C8H11ClN2O2/c1-6(12)7(13)10-8(9)11-4-2-3-5-11/h2-5H2,1H3. The molecule has 0 spiro atoms. The first-order chi connectivity index (χ1) is 6.11. The van der Waals surface area contributed by atoms with Crippen molar-refractivity contribution in [3.05, 3.63) is 0 Å². The molecule has 1 saturated heterocycles. The minimum atomic E-state index is -0.781. The van der Waals surface area contributed by atoms with Crippen molar-refractivity contribution in [3.8, 4) is 0 Å². The quantitative estimate of drug-likeness (QED) is 0.274. The van der Waals surface area contributed by atoms with Gasteiger partial charge in [0.2, 0.25) is 11.1 Å². The number of ketones is 1. The summed E-state index contributed by atoms with van der Waals surface area (Å²) in [7, 11) is 0. The van der Waals surface area contributed by atoms with Gasteiger partial charge in [0.05, 0.1) is 0 Å². The zero-order valence-electron chi connectivity index (χ0n) is 7.42. The molecule has 1 amide bonds. The molecule has 1 heterocycles. The summed E-state index contributed by atoms with van der Waals surface area (Å²) in [5, 5.41) is 0.137. The van der Waals surface area contributed by atoms with Crippen molar-refractivity contribution in [1.82, 2.24) is 4.90 Å². The predicted octanol–water partition coefficient (Wildman–Crippen LogP) is 0.793. The summed E-state index contributed by atoms with van der Waals surface area (Å²) >= 11 is 5.73. The lowest BCUT2D eigenvalue weighted by atomic mass is 10.4. The molecule has 0 unspecified atom stereocenters. The molecule has 1 fully saturated rings. The molecule has 0 saturated carbocycles. The third-order valence-electron chi connectivity index (χ3n) is 1.86. The fourth-order valence-corrected chi connectivity index (χ4v) is 1.38. The second-order valence-electron chi connectivity index (χ2n) is 2.94. The van der Waals surface area contributed by atoms with Crippen LogP contribution in [-0.4, -0.2) is 35.0 Å². The van der Waals surface area contributed by atoms with Gasteiger partial charge in [0, 0.05) is 20.0 Å². The highest BCUT2D eigenvalue weighted by Gasteiger charge is 2.16. The number of nitrogens with zero attached hydrogens (tertiary/aromatic N) is 2. The number of amides is 1. The number of likely N-dealkylation sites (tertiary alicyclic amines) is 1. The Morgan fingerprint density at radius 1 is 1.31 bits per heavy atom. The van der Waals surface area contributed by atoms with E-state index in [-0.39, 0.29) is 5.29 Å². The molecule has 1 aliphatic rings. The lowest BCUT2D eigenvalue weighted by Crippen LogP contribution is -2.25. The predicted molar refractivity (Wildman–Crippen MR) is 49.8 cm³/mol. The highest BCUT2D eigenvalue weighted by Crippen LogP contribution is 2.10. The van der Waals surface area contributed by atoms with E-state index in [4.69, 9.17) is 11.6 Å². The van der Waals surface area contributed by atoms with Crippen molar-refractivity contribution >= 4 is 28.6 Å². The summed E-state index contributed by atoms with van der Waals surface area (Å²) in [6.07, 6.45) is 2.11. The van der Waals surface area contributed by atoms with Crippen LogP contribution in [0.25, 0.3) is 0 Å². The van der Waals surface area contributed by atoms with Gasteiger partial charge < -0.3 is 4.90 Å². The van der Waals surface area contributed by atoms with Crippen molar-refractivity contribution in [2.75, 3.05) is 13.1 Å². The Morgan fingerprint density at radius 2 is 1.85 bits per heavy atom. The third kappa shape index (κ3) is 2.81. The normalized spacial score (nSPS) is 17.7. The van der Waals surface area contributed by atoms with E-state index in [2.05, 4.69) is 4.99 Å². The number of hydrogen-bond acceptors (Lipinski definition) is 2. The van der Waals surface area contributed by atoms with Crippen molar-refractivity contribution < 1.29 is 9.59 Å². The van der Waals surface area contributed by atoms with Crippen molar-refractivity contribution in [2.24, 2.45) is 4.99 Å². The van der Waals surface area contributed by atoms with Crippen molar-refractivity contribution in [2.45, 2.75) is 19.8 Å². The summed E-state index contributed by atoms with van der Waals surface area (Å²) in [4.78, 5) is 26.7. The van der Waals surface area contributed by atoms with Crippen LogP contribution >= 0.6 is 11.6 Å². The highest BCUT2D eigenvalue weighted by molar-refractivity contribution is 6.66. The molecule has 0 bridgehead atoms. The molecule has 0 aromatic heterocycles. The average molecular weight is 203 g/mol. The van der Waals surface area contributed by atoms with Gasteiger partial charge in [-0.15, -0.1) is 0 Å². The monoisotopic (exact) mass is 202 g/mol. The number of amidine groups is 1. The van der Waals surface area contributed by atoms with E-state index in [0.717, 1.165) is 25.9 Å². The fourth-order valence-electron chi connectivity index (χ4n) is 1.13. The molecule has 0 atom stereocenters. The molecule has 1 aliphatic heterocycles. The Bertz CT molecular complexity index is 257. The molecule has 13 heavy (non-hydrogen) atoms. The van der Waals surface area contributed by atoms with Gasteiger partial charge in [-0.25, -0.2) is 0 Å². The minimum Gasteiger partial charge on any atom is -0.347 e. The third-order valence-corrected chi connectivity index (χ3v) is 2.19. The molecular weight excluding hydrogens is 192 g/mol. The van der Waals surface area contributed by atoms with E-state index in [1.165, 1.54) is 6.92 Å². The number of rotatable bonds is 1. The van der Waals surface area contributed by atoms with Crippen LogP contribution in [0.5, 0.6) is 0 Å². The van der Waals surface area contributed by atoms with Crippen LogP contribution < -0.4 is 0 Å². The lowest BCUT2D eigenvalue weighted by molar-refractivity contribution is -0.134. The Hall–Kier alpha value is -0.900. The van der Waals surface area contributed by atoms with Crippen LogP contribution in [0.1, 0.15) is 19.8 Å². The first kappa shape index (κ1) is 10.2. The molecule has 0 aliphatic carbocycles. The Kier molecular flexibility index (Phi) is 3.42. The molecular formula is C8H11ClN2O2. The van der Waals surface area contributed by atoms with E-state index >= 15 is 0 Å². The summed E-state index contributed by atoms with van der Waals surface area (Å²) in [6.45, 7) is 2.81. The SMILES string of the molecule is CC(=O)C(=O)N=C(Cl)N1CCCC1. The second-order valence-corrected chi connectivity index (χ2v) is 3.27. The van der Waals surface area contributed by atoms with Crippen LogP contribution in [0.15, 0.2) is 4.99 Å². The molecule has 0 aromatic carbocycles. The summed E-state index contributed by atoms with van der Waals surface area (Å²) in [5.41, 5.74) is 0. The maximum absolute atomic E-state index is 10.9. The zero-order chi connectivity index (χ0) is 9.84. The summed E-state index contributed by atoms with van der Waals surface area (Å²) in [5.74, 6) is -1.37. The number of carbonyl (C=O) groups excluding carboxylic acids is 2. The van der Waals surface area contributed by atoms with Gasteiger partial charge in [-0.3, -0.25) is 9.59 Å². The van der Waals surface area contributed by atoms with Crippen molar-refractivity contribution in [3.63, 3.8) is 0 Å². The van der Waals surface area contributed by atoms with E-state index in [9.17, 15) is 9.59 Å². The highest BCUT2D eigenvalue weighted by atomic mass is 35.5. The second kappa shape index (κ2) is 4.37. The summed E-state index contributed by atoms with van der Waals surface area (Å²) in [6, 6.07) is 0. The molecule has 0 N–H and O–H groups in total. The molecule has 1 rings (SSSR count). The van der Waals surface area contributed by atoms with Gasteiger partial charge in [-0.05, 0) is 24.4 Å². The fraction of sp³-hybridized carbons (Fsp3) is 0.625. The maximum atomic E-state index is 10.9. The van der Waals surface area contributed by atoms with Crippen molar-refractivity contribution in [1.29, 1.82) is 0 Å². The Morgan fingerprint density at radius 3 is 2.31 bits per heavy atom. The van der Waals surface area contributed by atoms with E-state index < -0.39 is 11.7 Å². The Balaban J connectivity index is 2.59. The topological polar surface area (TPSA) is 49.7 Å². The number of aliphatic imine (C=N–C) groups is 1. The molecule has 0 radical (unpaired) electrons. The smallest absolute Gasteiger partial charge is 0.315 e. The number of hydrogen-bond donors (Lipinski definition) is 0. The van der Waals surface area contributed by atoms with Gasteiger partial charge >= 0.3 is 5.91 Å². The number of Topliss-reactive ketones (excluding diaryl/α,β-unsaturated/α-hetero) is 1. The van der Waals surface area contributed by atoms with Gasteiger partial charge in [-0.2, -0.15) is 4.99 Å². The first-order valence-electron chi connectivity index (χ1n) is 4.15. The molecule has 5 heteroatoms. The van der Waals surface area contributed by atoms with Crippen LogP contribution in [-0.2, 0) is 9.59 Å². The zero-order valence-corrected chi connectivity index (χ0v) is 8.17. The number of halogens is 1. The van der Waals surface area contributed by atoms with Crippen LogP contribution in [0, 0.1) is 0 Å².